The molecule has 0 aliphatic carbocycles. The van der Waals surface area contributed by atoms with Gasteiger partial charge in [0.15, 0.2) is 0 Å². The lowest BCUT2D eigenvalue weighted by Crippen LogP contribution is -2.03. The van der Waals surface area contributed by atoms with Crippen molar-refractivity contribution >= 4 is 5.97 Å². The predicted octanol–water partition coefficient (Wildman–Crippen LogP) is 2.60. The fourth-order valence-electron chi connectivity index (χ4n) is 1.39. The molecule has 0 fully saturated rings. The lowest BCUT2D eigenvalue weighted by Gasteiger charge is -2.10. The molecule has 0 aliphatic rings. The molecular weight excluding hydrogens is 204 g/mol. The van der Waals surface area contributed by atoms with Gasteiger partial charge >= 0.3 is 5.97 Å². The summed E-state index contributed by atoms with van der Waals surface area (Å²) in [5.74, 6) is 0.458. The topological polar surface area (TPSA) is 35.5 Å². The summed E-state index contributed by atoms with van der Waals surface area (Å²) in [5, 5.41) is 0. The van der Waals surface area contributed by atoms with Gasteiger partial charge in [-0.3, -0.25) is 0 Å². The minimum Gasteiger partial charge on any atom is -0.489 e. The third-order valence-corrected chi connectivity index (χ3v) is 2.22. The Morgan fingerprint density at radius 2 is 2.25 bits per heavy atom. The van der Waals surface area contributed by atoms with Crippen LogP contribution in [-0.2, 0) is 11.2 Å². The molecule has 0 bridgehead atoms. The van der Waals surface area contributed by atoms with Crippen LogP contribution in [-0.4, -0.2) is 19.7 Å². The zero-order valence-electron chi connectivity index (χ0n) is 9.66. The van der Waals surface area contributed by atoms with Gasteiger partial charge in [-0.25, -0.2) is 4.79 Å². The summed E-state index contributed by atoms with van der Waals surface area (Å²) in [7, 11) is 1.37. The van der Waals surface area contributed by atoms with Gasteiger partial charge in [0.05, 0.1) is 12.7 Å². The largest absolute Gasteiger partial charge is 0.489 e. The summed E-state index contributed by atoms with van der Waals surface area (Å²) < 4.78 is 10.1. The number of methoxy groups -OCH3 is 1. The van der Waals surface area contributed by atoms with Crippen LogP contribution < -0.4 is 4.74 Å². The third kappa shape index (κ3) is 2.86. The molecule has 0 saturated carbocycles. The average molecular weight is 220 g/mol. The van der Waals surface area contributed by atoms with Crippen molar-refractivity contribution in [3.63, 3.8) is 0 Å². The van der Waals surface area contributed by atoms with E-state index in [4.69, 9.17) is 4.74 Å². The number of ether oxygens (including phenoxy) is 2. The van der Waals surface area contributed by atoms with Gasteiger partial charge in [-0.1, -0.05) is 19.6 Å². The quantitative estimate of drug-likeness (QED) is 0.565. The Kier molecular flexibility index (Phi) is 4.58. The molecule has 1 aromatic rings. The van der Waals surface area contributed by atoms with Gasteiger partial charge in [0.1, 0.15) is 12.4 Å². The van der Waals surface area contributed by atoms with Crippen LogP contribution in [0.25, 0.3) is 0 Å². The van der Waals surface area contributed by atoms with Crippen molar-refractivity contribution in [1.29, 1.82) is 0 Å². The Morgan fingerprint density at radius 3 is 2.81 bits per heavy atom. The van der Waals surface area contributed by atoms with Gasteiger partial charge in [-0.05, 0) is 30.2 Å². The lowest BCUT2D eigenvalue weighted by atomic mass is 10.1. The number of rotatable bonds is 5. The van der Waals surface area contributed by atoms with Gasteiger partial charge in [-0.2, -0.15) is 0 Å². The van der Waals surface area contributed by atoms with Crippen LogP contribution in [0.4, 0.5) is 0 Å². The maximum absolute atomic E-state index is 11.3. The van der Waals surface area contributed by atoms with Crippen molar-refractivity contribution in [2.24, 2.45) is 0 Å². The Bertz CT molecular complexity index is 383. The number of carbonyl (C=O) groups excluding carboxylic acids is 1. The molecule has 1 rings (SSSR count). The minimum atomic E-state index is -0.329. The monoisotopic (exact) mass is 220 g/mol. The first-order valence-corrected chi connectivity index (χ1v) is 5.17. The summed E-state index contributed by atoms with van der Waals surface area (Å²) in [5.41, 5.74) is 1.54. The Hall–Kier alpha value is -1.77. The van der Waals surface area contributed by atoms with E-state index in [2.05, 4.69) is 11.3 Å². The van der Waals surface area contributed by atoms with Gasteiger partial charge in [0.2, 0.25) is 0 Å². The second-order valence-electron chi connectivity index (χ2n) is 3.27. The molecule has 0 saturated heterocycles. The van der Waals surface area contributed by atoms with Gasteiger partial charge in [0, 0.05) is 0 Å². The molecular formula is C13H16O3. The average Bonchev–Trinajstić information content (AvgIpc) is 2.35. The minimum absolute atomic E-state index is 0.329. The van der Waals surface area contributed by atoms with E-state index in [1.807, 2.05) is 6.92 Å². The van der Waals surface area contributed by atoms with E-state index in [0.717, 1.165) is 17.7 Å². The maximum Gasteiger partial charge on any atom is 0.337 e. The highest BCUT2D eigenvalue weighted by atomic mass is 16.5. The first kappa shape index (κ1) is 12.3. The summed E-state index contributed by atoms with van der Waals surface area (Å²) in [6.07, 6.45) is 2.49. The van der Waals surface area contributed by atoms with E-state index in [-0.39, 0.29) is 5.97 Å². The van der Waals surface area contributed by atoms with Gasteiger partial charge in [0.25, 0.3) is 0 Å². The van der Waals surface area contributed by atoms with Crippen molar-refractivity contribution in [3.8, 4) is 5.75 Å². The Labute approximate surface area is 95.7 Å². The smallest absolute Gasteiger partial charge is 0.337 e. The third-order valence-electron chi connectivity index (χ3n) is 2.22. The first-order chi connectivity index (χ1) is 7.72. The van der Waals surface area contributed by atoms with Crippen LogP contribution in [0.2, 0.25) is 0 Å². The molecule has 0 N–H and O–H groups in total. The van der Waals surface area contributed by atoms with E-state index < -0.39 is 0 Å². The molecule has 0 radical (unpaired) electrons. The van der Waals surface area contributed by atoms with Crippen molar-refractivity contribution in [3.05, 3.63) is 42.0 Å². The molecule has 0 atom stereocenters. The normalized spacial score (nSPS) is 9.62. The molecule has 0 aliphatic heterocycles. The van der Waals surface area contributed by atoms with Crippen molar-refractivity contribution < 1.29 is 14.3 Å². The Balaban J connectivity index is 2.96. The van der Waals surface area contributed by atoms with Gasteiger partial charge < -0.3 is 9.47 Å². The molecule has 3 nitrogen and oxygen atoms in total. The Morgan fingerprint density at radius 1 is 1.50 bits per heavy atom. The van der Waals surface area contributed by atoms with Crippen LogP contribution in [0.15, 0.2) is 30.9 Å². The van der Waals surface area contributed by atoms with E-state index in [1.165, 1.54) is 7.11 Å². The first-order valence-electron chi connectivity index (χ1n) is 5.17. The van der Waals surface area contributed by atoms with Crippen molar-refractivity contribution in [1.82, 2.24) is 0 Å². The van der Waals surface area contributed by atoms with Crippen LogP contribution >= 0.6 is 0 Å². The molecule has 0 aromatic heterocycles. The molecule has 3 heteroatoms. The SMILES string of the molecule is C=CCOc1ccc(C(=O)OC)cc1CC. The van der Waals surface area contributed by atoms with E-state index in [9.17, 15) is 4.79 Å². The zero-order chi connectivity index (χ0) is 12.0. The number of esters is 1. The number of hydrogen-bond donors (Lipinski definition) is 0. The van der Waals surface area contributed by atoms with E-state index in [0.29, 0.717) is 12.2 Å². The summed E-state index contributed by atoms with van der Waals surface area (Å²) >= 11 is 0. The number of carbonyl (C=O) groups is 1. The number of aryl methyl sites for hydroxylation is 1. The summed E-state index contributed by atoms with van der Waals surface area (Å²) in [6, 6.07) is 5.28. The van der Waals surface area contributed by atoms with E-state index in [1.54, 1.807) is 24.3 Å². The highest BCUT2D eigenvalue weighted by Crippen LogP contribution is 2.21. The second kappa shape index (κ2) is 5.95. The molecule has 16 heavy (non-hydrogen) atoms. The molecule has 1 aromatic carbocycles. The fourth-order valence-corrected chi connectivity index (χ4v) is 1.39. The van der Waals surface area contributed by atoms with Crippen molar-refractivity contribution in [2.45, 2.75) is 13.3 Å². The molecule has 0 unspecified atom stereocenters. The molecule has 0 heterocycles. The highest BCUT2D eigenvalue weighted by Gasteiger charge is 2.09. The van der Waals surface area contributed by atoms with Crippen molar-refractivity contribution in [2.75, 3.05) is 13.7 Å². The van der Waals surface area contributed by atoms with Crippen LogP contribution in [0, 0.1) is 0 Å². The summed E-state index contributed by atoms with van der Waals surface area (Å²) in [6.45, 7) is 6.07. The number of hydrogen-bond acceptors (Lipinski definition) is 3. The molecule has 0 amide bonds. The lowest BCUT2D eigenvalue weighted by molar-refractivity contribution is 0.0600. The predicted molar refractivity (Wildman–Crippen MR) is 62.9 cm³/mol. The standard InChI is InChI=1S/C13H16O3/c1-4-8-16-12-7-6-11(13(14)15-3)9-10(12)5-2/h4,6-7,9H,1,5,8H2,2-3H3. The van der Waals surface area contributed by atoms with Crippen LogP contribution in [0.3, 0.4) is 0 Å². The highest BCUT2D eigenvalue weighted by molar-refractivity contribution is 5.89. The number of benzene rings is 1. The zero-order valence-corrected chi connectivity index (χ0v) is 9.66. The second-order valence-corrected chi connectivity index (χ2v) is 3.27. The van der Waals surface area contributed by atoms with Crippen LogP contribution in [0.5, 0.6) is 5.75 Å². The summed E-state index contributed by atoms with van der Waals surface area (Å²) in [4.78, 5) is 11.3. The van der Waals surface area contributed by atoms with Crippen LogP contribution in [0.1, 0.15) is 22.8 Å². The van der Waals surface area contributed by atoms with Gasteiger partial charge in [-0.15, -0.1) is 0 Å². The molecule has 0 spiro atoms. The van der Waals surface area contributed by atoms with E-state index >= 15 is 0 Å². The maximum atomic E-state index is 11.3. The fraction of sp³-hybridized carbons (Fsp3) is 0.308. The molecule has 86 valence electrons.